The molecule has 104 valence electrons. The number of nitrogens with zero attached hydrogens (tertiary/aromatic N) is 1. The van der Waals surface area contributed by atoms with Crippen molar-refractivity contribution >= 4 is 5.97 Å². The van der Waals surface area contributed by atoms with Crippen LogP contribution in [0.15, 0.2) is 36.7 Å². The van der Waals surface area contributed by atoms with Crippen LogP contribution in [0.25, 0.3) is 11.1 Å². The van der Waals surface area contributed by atoms with E-state index in [9.17, 15) is 22.4 Å². The summed E-state index contributed by atoms with van der Waals surface area (Å²) in [6.07, 6.45) is -2.56. The van der Waals surface area contributed by atoms with Gasteiger partial charge in [-0.05, 0) is 23.8 Å². The molecule has 3 nitrogen and oxygen atoms in total. The van der Waals surface area contributed by atoms with Crippen LogP contribution in [0, 0.1) is 5.82 Å². The molecule has 0 atom stereocenters. The Kier molecular flexibility index (Phi) is 3.44. The van der Waals surface area contributed by atoms with E-state index in [1.54, 1.807) is 0 Å². The van der Waals surface area contributed by atoms with Gasteiger partial charge < -0.3 is 5.11 Å². The lowest BCUT2D eigenvalue weighted by molar-refractivity contribution is -0.137. The number of carbonyl (C=O) groups is 1. The molecule has 0 unspecified atom stereocenters. The van der Waals surface area contributed by atoms with Gasteiger partial charge in [0.05, 0.1) is 17.3 Å². The van der Waals surface area contributed by atoms with Crippen molar-refractivity contribution in [2.75, 3.05) is 0 Å². The molecule has 0 aliphatic carbocycles. The van der Waals surface area contributed by atoms with E-state index in [1.165, 1.54) is 6.20 Å². The van der Waals surface area contributed by atoms with Gasteiger partial charge in [-0.15, -0.1) is 0 Å². The summed E-state index contributed by atoms with van der Waals surface area (Å²) in [5, 5.41) is 9.00. The van der Waals surface area contributed by atoms with E-state index in [4.69, 9.17) is 5.11 Å². The highest BCUT2D eigenvalue weighted by Crippen LogP contribution is 2.33. The lowest BCUT2D eigenvalue weighted by Crippen LogP contribution is -2.08. The van der Waals surface area contributed by atoms with Crippen molar-refractivity contribution in [2.45, 2.75) is 6.18 Å². The number of carboxylic acids is 1. The molecule has 7 heteroatoms. The highest BCUT2D eigenvalue weighted by molar-refractivity contribution is 5.96. The molecule has 0 spiro atoms. The van der Waals surface area contributed by atoms with Gasteiger partial charge in [-0.25, -0.2) is 9.18 Å². The van der Waals surface area contributed by atoms with Gasteiger partial charge in [0.25, 0.3) is 0 Å². The Bertz CT molecular complexity index is 668. The summed E-state index contributed by atoms with van der Waals surface area (Å²) in [4.78, 5) is 14.6. The second-order valence-corrected chi connectivity index (χ2v) is 3.96. The van der Waals surface area contributed by atoms with Crippen molar-refractivity contribution < 1.29 is 27.5 Å². The molecular formula is C13H7F4NO2. The molecule has 0 aliphatic rings. The van der Waals surface area contributed by atoms with Gasteiger partial charge in [0.15, 0.2) is 0 Å². The van der Waals surface area contributed by atoms with E-state index < -0.39 is 29.1 Å². The number of aromatic carboxylic acids is 1. The zero-order valence-electron chi connectivity index (χ0n) is 9.78. The van der Waals surface area contributed by atoms with E-state index in [-0.39, 0.29) is 11.1 Å². The molecule has 1 heterocycles. The zero-order chi connectivity index (χ0) is 14.9. The summed E-state index contributed by atoms with van der Waals surface area (Å²) in [6, 6.07) is 3.25. The Morgan fingerprint density at radius 1 is 1.15 bits per heavy atom. The average molecular weight is 285 g/mol. The Morgan fingerprint density at radius 2 is 1.85 bits per heavy atom. The van der Waals surface area contributed by atoms with E-state index in [0.29, 0.717) is 6.07 Å². The first-order chi connectivity index (χ1) is 9.29. The maximum atomic E-state index is 13.1. The largest absolute Gasteiger partial charge is 0.478 e. The second kappa shape index (κ2) is 4.92. The van der Waals surface area contributed by atoms with Crippen LogP contribution in [-0.4, -0.2) is 16.1 Å². The quantitative estimate of drug-likeness (QED) is 0.858. The Hall–Kier alpha value is -2.44. The first-order valence-corrected chi connectivity index (χ1v) is 5.34. The third-order valence-electron chi connectivity index (χ3n) is 2.59. The number of alkyl halides is 3. The Balaban J connectivity index is 2.62. The number of hydrogen-bond donors (Lipinski definition) is 1. The normalized spacial score (nSPS) is 11.4. The molecule has 0 radical (unpaired) electrons. The van der Waals surface area contributed by atoms with E-state index in [2.05, 4.69) is 4.98 Å². The van der Waals surface area contributed by atoms with Crippen molar-refractivity contribution in [1.29, 1.82) is 0 Å². The minimum absolute atomic E-state index is 0.0301. The molecule has 1 aromatic heterocycles. The van der Waals surface area contributed by atoms with Crippen molar-refractivity contribution in [2.24, 2.45) is 0 Å². The van der Waals surface area contributed by atoms with Crippen LogP contribution in [0.4, 0.5) is 17.6 Å². The lowest BCUT2D eigenvalue weighted by Gasteiger charge is -2.11. The van der Waals surface area contributed by atoms with Gasteiger partial charge in [0.2, 0.25) is 0 Å². The van der Waals surface area contributed by atoms with Crippen molar-refractivity contribution in [3.05, 3.63) is 53.6 Å². The number of carboxylic acid groups (broad SMARTS) is 1. The zero-order valence-corrected chi connectivity index (χ0v) is 9.78. The van der Waals surface area contributed by atoms with Gasteiger partial charge >= 0.3 is 12.1 Å². The van der Waals surface area contributed by atoms with Crippen LogP contribution in [0.2, 0.25) is 0 Å². The fourth-order valence-corrected chi connectivity index (χ4v) is 1.71. The highest BCUT2D eigenvalue weighted by atomic mass is 19.4. The molecule has 0 saturated carbocycles. The van der Waals surface area contributed by atoms with Crippen LogP contribution >= 0.6 is 0 Å². The fraction of sp³-hybridized carbons (Fsp3) is 0.0769. The summed E-state index contributed by atoms with van der Waals surface area (Å²) in [7, 11) is 0. The molecular weight excluding hydrogens is 278 g/mol. The SMILES string of the molecule is O=C(O)c1cc(C(F)(F)F)ccc1-c1cncc(F)c1. The smallest absolute Gasteiger partial charge is 0.416 e. The number of hydrogen-bond acceptors (Lipinski definition) is 2. The molecule has 0 aliphatic heterocycles. The van der Waals surface area contributed by atoms with E-state index in [1.807, 2.05) is 0 Å². The number of pyridine rings is 1. The molecule has 0 saturated heterocycles. The summed E-state index contributed by atoms with van der Waals surface area (Å²) in [5.74, 6) is -2.24. The molecule has 2 aromatic rings. The van der Waals surface area contributed by atoms with Gasteiger partial charge in [0, 0.05) is 11.8 Å². The third kappa shape index (κ3) is 2.76. The molecule has 0 fully saturated rings. The molecule has 0 amide bonds. The van der Waals surface area contributed by atoms with Crippen molar-refractivity contribution in [3.8, 4) is 11.1 Å². The van der Waals surface area contributed by atoms with Gasteiger partial charge in [-0.3, -0.25) is 4.98 Å². The minimum Gasteiger partial charge on any atom is -0.478 e. The average Bonchev–Trinajstić information content (AvgIpc) is 2.37. The molecule has 0 bridgehead atoms. The van der Waals surface area contributed by atoms with Gasteiger partial charge in [0.1, 0.15) is 5.82 Å². The first-order valence-electron chi connectivity index (χ1n) is 5.34. The number of rotatable bonds is 2. The number of benzene rings is 1. The number of aromatic nitrogens is 1. The molecule has 20 heavy (non-hydrogen) atoms. The topological polar surface area (TPSA) is 50.2 Å². The van der Waals surface area contributed by atoms with Crippen LogP contribution in [0.5, 0.6) is 0 Å². The maximum absolute atomic E-state index is 13.1. The number of halogens is 4. The third-order valence-corrected chi connectivity index (χ3v) is 2.59. The standard InChI is InChI=1S/C13H7F4NO2/c14-9-3-7(5-18-6-9)10-2-1-8(13(15,16)17)4-11(10)12(19)20/h1-6H,(H,19,20). The Labute approximate surface area is 110 Å². The predicted octanol–water partition coefficient (Wildman–Crippen LogP) is 3.60. The molecule has 1 N–H and O–H groups in total. The van der Waals surface area contributed by atoms with Crippen molar-refractivity contribution in [3.63, 3.8) is 0 Å². The summed E-state index contributed by atoms with van der Waals surface area (Å²) >= 11 is 0. The second-order valence-electron chi connectivity index (χ2n) is 3.96. The van der Waals surface area contributed by atoms with Crippen LogP contribution < -0.4 is 0 Å². The summed E-state index contributed by atoms with van der Waals surface area (Å²) in [5.41, 5.74) is -1.58. The van der Waals surface area contributed by atoms with Crippen LogP contribution in [0.3, 0.4) is 0 Å². The summed E-state index contributed by atoms with van der Waals surface area (Å²) < 4.78 is 50.8. The summed E-state index contributed by atoms with van der Waals surface area (Å²) in [6.45, 7) is 0. The minimum atomic E-state index is -4.65. The lowest BCUT2D eigenvalue weighted by atomic mass is 9.98. The molecule has 1 aromatic carbocycles. The molecule has 2 rings (SSSR count). The maximum Gasteiger partial charge on any atom is 0.416 e. The monoisotopic (exact) mass is 285 g/mol. The predicted molar refractivity (Wildman–Crippen MR) is 61.6 cm³/mol. The Morgan fingerprint density at radius 3 is 2.40 bits per heavy atom. The first kappa shape index (κ1) is 14.0. The fourth-order valence-electron chi connectivity index (χ4n) is 1.71. The van der Waals surface area contributed by atoms with Gasteiger partial charge in [-0.1, -0.05) is 6.07 Å². The van der Waals surface area contributed by atoms with E-state index >= 15 is 0 Å². The van der Waals surface area contributed by atoms with Crippen LogP contribution in [0.1, 0.15) is 15.9 Å². The van der Waals surface area contributed by atoms with E-state index in [0.717, 1.165) is 24.4 Å². The highest BCUT2D eigenvalue weighted by Gasteiger charge is 2.31. The van der Waals surface area contributed by atoms with Crippen LogP contribution in [-0.2, 0) is 6.18 Å². The van der Waals surface area contributed by atoms with Gasteiger partial charge in [-0.2, -0.15) is 13.2 Å². The van der Waals surface area contributed by atoms with Crippen molar-refractivity contribution in [1.82, 2.24) is 4.98 Å².